The summed E-state index contributed by atoms with van der Waals surface area (Å²) in [6.45, 7) is 5.72. The summed E-state index contributed by atoms with van der Waals surface area (Å²) >= 11 is 0. The topological polar surface area (TPSA) is 75.7 Å². The molecule has 0 spiro atoms. The third-order valence-electron chi connectivity index (χ3n) is 4.52. The number of carbonyl (C=O) groups excluding carboxylic acids is 1. The Balaban J connectivity index is 2.37. The van der Waals surface area contributed by atoms with Crippen molar-refractivity contribution in [3.05, 3.63) is 53.6 Å². The standard InChI is InChI=1S/C20H26N2O4S/c1-6-15(3)21-20(23)16-8-7-14(2)19(13-16)22(4)27(24,25)18-11-9-17(26-5)10-12-18/h7-13,15H,6H2,1-5H3,(H,21,23). The second kappa shape index (κ2) is 8.43. The molecule has 0 saturated carbocycles. The Morgan fingerprint density at radius 2 is 1.81 bits per heavy atom. The Kier molecular flexibility index (Phi) is 6.49. The van der Waals surface area contributed by atoms with E-state index in [1.54, 1.807) is 30.3 Å². The minimum absolute atomic E-state index is 0.0445. The average Bonchev–Trinajstić information content (AvgIpc) is 2.67. The number of carbonyl (C=O) groups is 1. The molecule has 2 aromatic rings. The summed E-state index contributed by atoms with van der Waals surface area (Å²) in [4.78, 5) is 12.5. The highest BCUT2D eigenvalue weighted by molar-refractivity contribution is 7.92. The second-order valence-electron chi connectivity index (χ2n) is 6.43. The molecular formula is C20H26N2O4S. The van der Waals surface area contributed by atoms with Crippen molar-refractivity contribution >= 4 is 21.6 Å². The van der Waals surface area contributed by atoms with E-state index >= 15 is 0 Å². The van der Waals surface area contributed by atoms with Crippen LogP contribution in [0.15, 0.2) is 47.4 Å². The monoisotopic (exact) mass is 390 g/mol. The zero-order valence-electron chi connectivity index (χ0n) is 16.3. The lowest BCUT2D eigenvalue weighted by Crippen LogP contribution is -2.32. The molecular weight excluding hydrogens is 364 g/mol. The number of ether oxygens (including phenoxy) is 1. The first kappa shape index (κ1) is 20.8. The smallest absolute Gasteiger partial charge is 0.264 e. The molecule has 0 aromatic heterocycles. The Morgan fingerprint density at radius 3 is 2.37 bits per heavy atom. The lowest BCUT2D eigenvalue weighted by molar-refractivity contribution is 0.0939. The molecule has 146 valence electrons. The van der Waals surface area contributed by atoms with Crippen molar-refractivity contribution in [1.29, 1.82) is 0 Å². The molecule has 0 aliphatic rings. The van der Waals surface area contributed by atoms with Gasteiger partial charge in [-0.15, -0.1) is 0 Å². The van der Waals surface area contributed by atoms with Crippen molar-refractivity contribution in [3.8, 4) is 5.75 Å². The summed E-state index contributed by atoms with van der Waals surface area (Å²) < 4.78 is 32.2. The highest BCUT2D eigenvalue weighted by atomic mass is 32.2. The van der Waals surface area contributed by atoms with Crippen LogP contribution in [0.25, 0.3) is 0 Å². The molecule has 0 aliphatic heterocycles. The number of aryl methyl sites for hydroxylation is 1. The quantitative estimate of drug-likeness (QED) is 0.787. The van der Waals surface area contributed by atoms with Gasteiger partial charge in [0.1, 0.15) is 5.75 Å². The van der Waals surface area contributed by atoms with Gasteiger partial charge >= 0.3 is 0 Å². The number of hydrogen-bond acceptors (Lipinski definition) is 4. The predicted molar refractivity (Wildman–Crippen MR) is 107 cm³/mol. The second-order valence-corrected chi connectivity index (χ2v) is 8.40. The Hall–Kier alpha value is -2.54. The first-order chi connectivity index (χ1) is 12.7. The number of amides is 1. The molecule has 7 heteroatoms. The molecule has 0 saturated heterocycles. The molecule has 2 aromatic carbocycles. The molecule has 0 heterocycles. The van der Waals surface area contributed by atoms with Gasteiger partial charge in [-0.25, -0.2) is 8.42 Å². The van der Waals surface area contributed by atoms with Crippen LogP contribution in [0.1, 0.15) is 36.2 Å². The van der Waals surface area contributed by atoms with Crippen LogP contribution in [0.4, 0.5) is 5.69 Å². The molecule has 1 unspecified atom stereocenters. The summed E-state index contributed by atoms with van der Waals surface area (Å²) in [6.07, 6.45) is 0.816. The van der Waals surface area contributed by atoms with Gasteiger partial charge in [0.2, 0.25) is 0 Å². The van der Waals surface area contributed by atoms with E-state index in [2.05, 4.69) is 5.32 Å². The Morgan fingerprint density at radius 1 is 1.19 bits per heavy atom. The van der Waals surface area contributed by atoms with Crippen LogP contribution < -0.4 is 14.4 Å². The third kappa shape index (κ3) is 4.60. The highest BCUT2D eigenvalue weighted by Crippen LogP contribution is 2.27. The number of hydrogen-bond donors (Lipinski definition) is 1. The minimum Gasteiger partial charge on any atom is -0.497 e. The lowest BCUT2D eigenvalue weighted by Gasteiger charge is -2.22. The fraction of sp³-hybridized carbons (Fsp3) is 0.350. The molecule has 2 rings (SSSR count). The normalized spacial score (nSPS) is 12.3. The van der Waals surface area contributed by atoms with Crippen LogP contribution in [0.2, 0.25) is 0 Å². The molecule has 1 atom stereocenters. The van der Waals surface area contributed by atoms with E-state index in [1.807, 2.05) is 20.8 Å². The number of anilines is 1. The number of benzene rings is 2. The van der Waals surface area contributed by atoms with Gasteiger partial charge in [-0.1, -0.05) is 13.0 Å². The first-order valence-electron chi connectivity index (χ1n) is 8.75. The first-order valence-corrected chi connectivity index (χ1v) is 10.2. The van der Waals surface area contributed by atoms with Crippen molar-refractivity contribution in [2.75, 3.05) is 18.5 Å². The minimum atomic E-state index is -3.76. The summed E-state index contributed by atoms with van der Waals surface area (Å²) in [7, 11) is -0.756. The SMILES string of the molecule is CCC(C)NC(=O)c1ccc(C)c(N(C)S(=O)(=O)c2ccc(OC)cc2)c1. The van der Waals surface area contributed by atoms with E-state index in [9.17, 15) is 13.2 Å². The van der Waals surface area contributed by atoms with Crippen molar-refractivity contribution < 1.29 is 17.9 Å². The van der Waals surface area contributed by atoms with Gasteiger partial charge < -0.3 is 10.1 Å². The molecule has 0 aliphatic carbocycles. The number of sulfonamides is 1. The maximum atomic E-state index is 13.0. The van der Waals surface area contributed by atoms with Crippen LogP contribution >= 0.6 is 0 Å². The van der Waals surface area contributed by atoms with E-state index in [4.69, 9.17) is 4.74 Å². The highest BCUT2D eigenvalue weighted by Gasteiger charge is 2.23. The summed E-state index contributed by atoms with van der Waals surface area (Å²) in [6, 6.07) is 11.3. The molecule has 6 nitrogen and oxygen atoms in total. The van der Waals surface area contributed by atoms with Crippen molar-refractivity contribution in [3.63, 3.8) is 0 Å². The molecule has 0 bridgehead atoms. The summed E-state index contributed by atoms with van der Waals surface area (Å²) in [5.74, 6) is 0.359. The Labute approximate surface area is 161 Å². The summed E-state index contributed by atoms with van der Waals surface area (Å²) in [5, 5.41) is 2.89. The van der Waals surface area contributed by atoms with Crippen LogP contribution in [-0.2, 0) is 10.0 Å². The fourth-order valence-electron chi connectivity index (χ4n) is 2.53. The van der Waals surface area contributed by atoms with Crippen LogP contribution in [0, 0.1) is 6.92 Å². The van der Waals surface area contributed by atoms with Gasteiger partial charge in [0.25, 0.3) is 15.9 Å². The van der Waals surface area contributed by atoms with Gasteiger partial charge in [-0.2, -0.15) is 0 Å². The van der Waals surface area contributed by atoms with E-state index < -0.39 is 10.0 Å². The number of nitrogens with zero attached hydrogens (tertiary/aromatic N) is 1. The maximum absolute atomic E-state index is 13.0. The molecule has 0 fully saturated rings. The van der Waals surface area contributed by atoms with E-state index in [1.165, 1.54) is 30.6 Å². The zero-order chi connectivity index (χ0) is 20.2. The summed E-state index contributed by atoms with van der Waals surface area (Å²) in [5.41, 5.74) is 1.64. The number of methoxy groups -OCH3 is 1. The van der Waals surface area contributed by atoms with Crippen molar-refractivity contribution in [2.24, 2.45) is 0 Å². The van der Waals surface area contributed by atoms with Gasteiger partial charge in [0.05, 0.1) is 17.7 Å². The number of rotatable bonds is 7. The van der Waals surface area contributed by atoms with E-state index in [-0.39, 0.29) is 16.8 Å². The van der Waals surface area contributed by atoms with E-state index in [0.29, 0.717) is 17.0 Å². The molecule has 27 heavy (non-hydrogen) atoms. The van der Waals surface area contributed by atoms with Gasteiger partial charge in [0, 0.05) is 18.7 Å². The number of nitrogens with one attached hydrogen (secondary N) is 1. The Bertz CT molecular complexity index is 908. The van der Waals surface area contributed by atoms with Crippen LogP contribution in [0.3, 0.4) is 0 Å². The van der Waals surface area contributed by atoms with Crippen LogP contribution in [-0.4, -0.2) is 34.5 Å². The van der Waals surface area contributed by atoms with Crippen molar-refractivity contribution in [1.82, 2.24) is 5.32 Å². The van der Waals surface area contributed by atoms with Crippen molar-refractivity contribution in [2.45, 2.75) is 38.1 Å². The maximum Gasteiger partial charge on any atom is 0.264 e. The van der Waals surface area contributed by atoms with Crippen LogP contribution in [0.5, 0.6) is 5.75 Å². The van der Waals surface area contributed by atoms with Gasteiger partial charge in [0.15, 0.2) is 0 Å². The predicted octanol–water partition coefficient (Wildman–Crippen LogP) is 3.36. The average molecular weight is 391 g/mol. The molecule has 1 amide bonds. The third-order valence-corrected chi connectivity index (χ3v) is 6.30. The lowest BCUT2D eigenvalue weighted by atomic mass is 10.1. The fourth-order valence-corrected chi connectivity index (χ4v) is 3.79. The molecule has 1 N–H and O–H groups in total. The zero-order valence-corrected chi connectivity index (χ0v) is 17.1. The van der Waals surface area contributed by atoms with Gasteiger partial charge in [-0.05, 0) is 62.2 Å². The molecule has 0 radical (unpaired) electrons. The van der Waals surface area contributed by atoms with E-state index in [0.717, 1.165) is 12.0 Å². The largest absolute Gasteiger partial charge is 0.497 e. The van der Waals surface area contributed by atoms with Gasteiger partial charge in [-0.3, -0.25) is 9.10 Å².